The summed E-state index contributed by atoms with van der Waals surface area (Å²) < 4.78 is 0. The molecule has 0 amide bonds. The van der Waals surface area contributed by atoms with Crippen molar-refractivity contribution in [3.63, 3.8) is 0 Å². The molecule has 0 aromatic rings. The van der Waals surface area contributed by atoms with Crippen molar-refractivity contribution in [1.82, 2.24) is 0 Å². The van der Waals surface area contributed by atoms with Crippen LogP contribution in [0.15, 0.2) is 28.5 Å². The van der Waals surface area contributed by atoms with Crippen molar-refractivity contribution in [3.05, 3.63) is 23.3 Å². The van der Waals surface area contributed by atoms with Crippen molar-refractivity contribution in [3.8, 4) is 0 Å². The molecule has 2 saturated carbocycles. The predicted molar refractivity (Wildman–Crippen MR) is 135 cm³/mol. The molecule has 4 rings (SSSR count). The number of fused-ring (bicyclic) bond motifs is 5. The topological polar surface area (TPSA) is 123 Å². The smallest absolute Gasteiger partial charge is 0.106 e. The molecule has 3 unspecified atom stereocenters. The first-order chi connectivity index (χ1) is 16.1. The average Bonchev–Trinajstić information content (AvgIpc) is 3.11. The van der Waals surface area contributed by atoms with Crippen molar-refractivity contribution in [2.45, 2.75) is 109 Å². The van der Waals surface area contributed by atoms with E-state index < -0.39 is 29.5 Å². The van der Waals surface area contributed by atoms with E-state index in [4.69, 9.17) is 4.84 Å². The van der Waals surface area contributed by atoms with Crippen LogP contribution < -0.4 is 0 Å². The van der Waals surface area contributed by atoms with E-state index in [0.717, 1.165) is 18.6 Å². The van der Waals surface area contributed by atoms with Crippen LogP contribution in [0.25, 0.3) is 0 Å². The molecule has 9 atom stereocenters. The standard InChI is InChI=1S/C28H45NO6/c1-25(2,33)11-10-24(32)28(5,34)23-8-7-17-16-13-20(29-35-6)19-14-21(30)22(31)15-27(19,4)18(16)9-12-26(17,23)3/h7,13,18-19,21-24,30-34H,8-12,14-15H2,1-6H3/b29-20-/t18?,19-,21+,22-,23-,24?,26-,27+,28?/m0/s1. The Kier molecular flexibility index (Phi) is 6.85. The second-order valence-corrected chi connectivity index (χ2v) is 12.9. The van der Waals surface area contributed by atoms with Crippen molar-refractivity contribution < 1.29 is 30.4 Å². The number of rotatable bonds is 6. The Morgan fingerprint density at radius 1 is 1.14 bits per heavy atom. The van der Waals surface area contributed by atoms with Gasteiger partial charge in [0.2, 0.25) is 0 Å². The maximum absolute atomic E-state index is 11.6. The second-order valence-electron chi connectivity index (χ2n) is 12.9. The van der Waals surface area contributed by atoms with Crippen molar-refractivity contribution in [2.24, 2.45) is 33.7 Å². The summed E-state index contributed by atoms with van der Waals surface area (Å²) in [6, 6.07) is 0. The van der Waals surface area contributed by atoms with Crippen LogP contribution in [0.3, 0.4) is 0 Å². The molecular weight excluding hydrogens is 446 g/mol. The van der Waals surface area contributed by atoms with Crippen molar-refractivity contribution in [1.29, 1.82) is 0 Å². The lowest BCUT2D eigenvalue weighted by molar-refractivity contribution is -0.134. The fraction of sp³-hybridized carbons (Fsp3) is 0.821. The molecule has 7 heteroatoms. The lowest BCUT2D eigenvalue weighted by Crippen LogP contribution is -2.56. The quantitative estimate of drug-likeness (QED) is 0.364. The zero-order valence-electron chi connectivity index (χ0n) is 22.2. The summed E-state index contributed by atoms with van der Waals surface area (Å²) in [5, 5.41) is 58.2. The minimum Gasteiger partial charge on any atom is -0.399 e. The first-order valence-electron chi connectivity index (χ1n) is 13.2. The average molecular weight is 492 g/mol. The molecule has 198 valence electrons. The SMILES string of the molecule is CO/N=C1/C=C2C3=CC[C@H](C(C)(O)C(O)CCC(C)(C)O)[C@@]3(C)CCC2[C@@]2(C)C[C@H](O)[C@H](O)C[C@@H]12. The molecule has 0 aromatic heterocycles. The van der Waals surface area contributed by atoms with E-state index in [9.17, 15) is 25.5 Å². The minimum atomic E-state index is -1.30. The lowest BCUT2D eigenvalue weighted by atomic mass is 9.47. The third kappa shape index (κ3) is 4.42. The van der Waals surface area contributed by atoms with Gasteiger partial charge in [-0.15, -0.1) is 0 Å². The molecule has 0 heterocycles. The number of allylic oxidation sites excluding steroid dienone is 4. The number of aliphatic hydroxyl groups is 5. The van der Waals surface area contributed by atoms with Crippen LogP contribution in [0, 0.1) is 28.6 Å². The normalized spacial score (nSPS) is 42.8. The van der Waals surface area contributed by atoms with Gasteiger partial charge in [-0.25, -0.2) is 0 Å². The zero-order chi connectivity index (χ0) is 26.0. The van der Waals surface area contributed by atoms with Gasteiger partial charge in [0.05, 0.1) is 35.2 Å². The molecule has 4 aliphatic rings. The number of aliphatic hydroxyl groups excluding tert-OH is 3. The highest BCUT2D eigenvalue weighted by molar-refractivity contribution is 5.99. The molecular formula is C28H45NO6. The fourth-order valence-electron chi connectivity index (χ4n) is 7.92. The first-order valence-corrected chi connectivity index (χ1v) is 13.2. The van der Waals surface area contributed by atoms with Gasteiger partial charge in [-0.3, -0.25) is 0 Å². The summed E-state index contributed by atoms with van der Waals surface area (Å²) in [6.45, 7) is 9.59. The van der Waals surface area contributed by atoms with Gasteiger partial charge in [-0.2, -0.15) is 0 Å². The molecule has 0 spiro atoms. The summed E-state index contributed by atoms with van der Waals surface area (Å²) >= 11 is 0. The van der Waals surface area contributed by atoms with Gasteiger partial charge in [0.15, 0.2) is 0 Å². The van der Waals surface area contributed by atoms with Gasteiger partial charge in [0.1, 0.15) is 7.11 Å². The molecule has 0 aliphatic heterocycles. The van der Waals surface area contributed by atoms with Gasteiger partial charge >= 0.3 is 0 Å². The Morgan fingerprint density at radius 2 is 1.83 bits per heavy atom. The van der Waals surface area contributed by atoms with Gasteiger partial charge in [-0.05, 0) is 99.7 Å². The van der Waals surface area contributed by atoms with Crippen LogP contribution >= 0.6 is 0 Å². The van der Waals surface area contributed by atoms with Crippen LogP contribution in [0.2, 0.25) is 0 Å². The van der Waals surface area contributed by atoms with Gasteiger partial charge < -0.3 is 30.4 Å². The van der Waals surface area contributed by atoms with Gasteiger partial charge in [0, 0.05) is 11.8 Å². The molecule has 4 aliphatic carbocycles. The second kappa shape index (κ2) is 8.95. The summed E-state index contributed by atoms with van der Waals surface area (Å²) in [4.78, 5) is 5.20. The molecule has 5 N–H and O–H groups in total. The lowest BCUT2D eigenvalue weighted by Gasteiger charge is -2.57. The van der Waals surface area contributed by atoms with E-state index >= 15 is 0 Å². The molecule has 0 radical (unpaired) electrons. The van der Waals surface area contributed by atoms with Crippen LogP contribution in [-0.4, -0.2) is 67.9 Å². The Labute approximate surface area is 209 Å². The predicted octanol–water partition coefficient (Wildman–Crippen LogP) is 3.09. The first kappa shape index (κ1) is 26.8. The fourth-order valence-corrected chi connectivity index (χ4v) is 7.92. The van der Waals surface area contributed by atoms with Crippen molar-refractivity contribution in [2.75, 3.05) is 7.11 Å². The van der Waals surface area contributed by atoms with Crippen LogP contribution in [-0.2, 0) is 4.84 Å². The van der Waals surface area contributed by atoms with E-state index in [-0.39, 0.29) is 28.6 Å². The summed E-state index contributed by atoms with van der Waals surface area (Å²) in [5.41, 5.74) is 0.440. The Hall–Kier alpha value is -1.25. The number of hydrogen-bond acceptors (Lipinski definition) is 7. The van der Waals surface area contributed by atoms with E-state index in [1.54, 1.807) is 20.8 Å². The van der Waals surface area contributed by atoms with E-state index in [1.807, 2.05) is 0 Å². The molecule has 0 aromatic carbocycles. The molecule has 0 bridgehead atoms. The summed E-state index contributed by atoms with van der Waals surface area (Å²) in [5.74, 6) is 0.0629. The third-order valence-corrected chi connectivity index (χ3v) is 10.0. The number of oxime groups is 1. The van der Waals surface area contributed by atoms with Gasteiger partial charge in [-0.1, -0.05) is 25.1 Å². The van der Waals surface area contributed by atoms with Crippen LogP contribution in [0.5, 0.6) is 0 Å². The van der Waals surface area contributed by atoms with Crippen LogP contribution in [0.1, 0.15) is 79.6 Å². The largest absolute Gasteiger partial charge is 0.399 e. The maximum atomic E-state index is 11.6. The molecule has 35 heavy (non-hydrogen) atoms. The van der Waals surface area contributed by atoms with Crippen LogP contribution in [0.4, 0.5) is 0 Å². The molecule has 0 saturated heterocycles. The maximum Gasteiger partial charge on any atom is 0.106 e. The van der Waals surface area contributed by atoms with E-state index in [1.165, 1.54) is 18.3 Å². The Bertz CT molecular complexity index is 917. The molecule has 7 nitrogen and oxygen atoms in total. The summed E-state index contributed by atoms with van der Waals surface area (Å²) in [7, 11) is 1.53. The van der Waals surface area contributed by atoms with Crippen molar-refractivity contribution >= 4 is 5.71 Å². The number of hydrogen-bond donors (Lipinski definition) is 5. The molecule has 2 fully saturated rings. The van der Waals surface area contributed by atoms with E-state index in [0.29, 0.717) is 32.1 Å². The number of nitrogens with zero attached hydrogens (tertiary/aromatic N) is 1. The highest BCUT2D eigenvalue weighted by Gasteiger charge is 2.60. The third-order valence-electron chi connectivity index (χ3n) is 10.0. The van der Waals surface area contributed by atoms with E-state index in [2.05, 4.69) is 31.2 Å². The Morgan fingerprint density at radius 3 is 2.46 bits per heavy atom. The minimum absolute atomic E-state index is 0.00326. The highest BCUT2D eigenvalue weighted by atomic mass is 16.6. The van der Waals surface area contributed by atoms with Gasteiger partial charge in [0.25, 0.3) is 0 Å². The highest BCUT2D eigenvalue weighted by Crippen LogP contribution is 2.65. The monoisotopic (exact) mass is 491 g/mol. The Balaban J connectivity index is 1.67. The zero-order valence-corrected chi connectivity index (χ0v) is 22.2. The summed E-state index contributed by atoms with van der Waals surface area (Å²) in [6.07, 6.45) is 6.02.